The highest BCUT2D eigenvalue weighted by Gasteiger charge is 2.05. The maximum atomic E-state index is 10.9. The van der Waals surface area contributed by atoms with Crippen LogP contribution in [0.5, 0.6) is 5.75 Å². The summed E-state index contributed by atoms with van der Waals surface area (Å²) in [7, 11) is 0. The fraction of sp³-hybridized carbons (Fsp3) is 0.0667. The number of aldehydes is 1. The first-order valence-electron chi connectivity index (χ1n) is 5.80. The highest BCUT2D eigenvalue weighted by atomic mass is 35.5. The lowest BCUT2D eigenvalue weighted by Crippen LogP contribution is -2.00. The molecular formula is C15H11ClO4. The van der Waals surface area contributed by atoms with Crippen LogP contribution in [0.3, 0.4) is 0 Å². The number of halogens is 1. The zero-order chi connectivity index (χ0) is 14.5. The van der Waals surface area contributed by atoms with Crippen LogP contribution in [0.15, 0.2) is 42.5 Å². The Bertz CT molecular complexity index is 635. The smallest absolute Gasteiger partial charge is 0.335 e. The Labute approximate surface area is 120 Å². The number of carboxylic acids is 1. The number of hydrogen-bond donors (Lipinski definition) is 1. The molecule has 2 aromatic rings. The standard InChI is InChI=1S/C15H11ClO4/c16-13-5-6-14(12(7-13)8-17)20-9-10-1-3-11(4-2-10)15(18)19/h1-8H,9H2,(H,18,19). The van der Waals surface area contributed by atoms with Gasteiger partial charge in [0.05, 0.1) is 11.1 Å². The summed E-state index contributed by atoms with van der Waals surface area (Å²) in [6, 6.07) is 11.1. The first-order chi connectivity index (χ1) is 9.60. The highest BCUT2D eigenvalue weighted by molar-refractivity contribution is 6.30. The lowest BCUT2D eigenvalue weighted by atomic mass is 10.1. The summed E-state index contributed by atoms with van der Waals surface area (Å²) in [4.78, 5) is 21.6. The van der Waals surface area contributed by atoms with Crippen molar-refractivity contribution in [2.75, 3.05) is 0 Å². The number of rotatable bonds is 5. The average Bonchev–Trinajstić information content (AvgIpc) is 2.46. The molecule has 0 spiro atoms. The fourth-order valence-electron chi connectivity index (χ4n) is 1.65. The van der Waals surface area contributed by atoms with Gasteiger partial charge in [-0.05, 0) is 35.9 Å². The summed E-state index contributed by atoms with van der Waals surface area (Å²) >= 11 is 5.79. The molecule has 102 valence electrons. The minimum absolute atomic E-state index is 0.217. The van der Waals surface area contributed by atoms with Gasteiger partial charge in [0.2, 0.25) is 0 Å². The van der Waals surface area contributed by atoms with E-state index in [0.29, 0.717) is 22.6 Å². The van der Waals surface area contributed by atoms with Crippen molar-refractivity contribution in [2.24, 2.45) is 0 Å². The number of benzene rings is 2. The summed E-state index contributed by atoms with van der Waals surface area (Å²) in [6.45, 7) is 0.238. The highest BCUT2D eigenvalue weighted by Crippen LogP contribution is 2.22. The quantitative estimate of drug-likeness (QED) is 0.857. The van der Waals surface area contributed by atoms with Crippen LogP contribution in [0, 0.1) is 0 Å². The monoisotopic (exact) mass is 290 g/mol. The van der Waals surface area contributed by atoms with Crippen molar-refractivity contribution < 1.29 is 19.4 Å². The zero-order valence-electron chi connectivity index (χ0n) is 10.4. The van der Waals surface area contributed by atoms with Gasteiger partial charge < -0.3 is 9.84 Å². The maximum Gasteiger partial charge on any atom is 0.335 e. The average molecular weight is 291 g/mol. The molecule has 0 saturated heterocycles. The molecule has 20 heavy (non-hydrogen) atoms. The van der Waals surface area contributed by atoms with E-state index in [9.17, 15) is 9.59 Å². The van der Waals surface area contributed by atoms with E-state index in [1.54, 1.807) is 24.3 Å². The van der Waals surface area contributed by atoms with Gasteiger partial charge in [0, 0.05) is 5.02 Å². The lowest BCUT2D eigenvalue weighted by molar-refractivity contribution is 0.0696. The van der Waals surface area contributed by atoms with Crippen LogP contribution >= 0.6 is 11.6 Å². The Morgan fingerprint density at radius 2 is 1.90 bits per heavy atom. The van der Waals surface area contributed by atoms with Crippen LogP contribution in [0.1, 0.15) is 26.3 Å². The molecule has 1 N–H and O–H groups in total. The summed E-state index contributed by atoms with van der Waals surface area (Å²) in [6.07, 6.45) is 0.675. The van der Waals surface area contributed by atoms with Crippen LogP contribution in [0.2, 0.25) is 5.02 Å². The molecule has 0 radical (unpaired) electrons. The Balaban J connectivity index is 2.08. The normalized spacial score (nSPS) is 10.1. The summed E-state index contributed by atoms with van der Waals surface area (Å²) in [5.74, 6) is -0.537. The van der Waals surface area contributed by atoms with Crippen molar-refractivity contribution in [1.82, 2.24) is 0 Å². The molecule has 0 aliphatic carbocycles. The number of carbonyl (C=O) groups is 2. The summed E-state index contributed by atoms with van der Waals surface area (Å²) in [5, 5.41) is 9.26. The molecule has 0 aromatic heterocycles. The van der Waals surface area contributed by atoms with E-state index in [1.807, 2.05) is 0 Å². The van der Waals surface area contributed by atoms with Gasteiger partial charge >= 0.3 is 5.97 Å². The number of carbonyl (C=O) groups excluding carboxylic acids is 1. The molecule has 2 aromatic carbocycles. The molecule has 5 heteroatoms. The van der Waals surface area contributed by atoms with Crippen LogP contribution in [0.25, 0.3) is 0 Å². The minimum Gasteiger partial charge on any atom is -0.488 e. The third-order valence-corrected chi connectivity index (χ3v) is 2.93. The van der Waals surface area contributed by atoms with E-state index in [1.165, 1.54) is 18.2 Å². The van der Waals surface area contributed by atoms with Gasteiger partial charge in [-0.3, -0.25) is 4.79 Å². The second-order valence-electron chi connectivity index (χ2n) is 4.09. The van der Waals surface area contributed by atoms with Crippen molar-refractivity contribution in [1.29, 1.82) is 0 Å². The van der Waals surface area contributed by atoms with E-state index in [2.05, 4.69) is 0 Å². The molecule has 0 amide bonds. The minimum atomic E-state index is -0.974. The Morgan fingerprint density at radius 1 is 1.20 bits per heavy atom. The van der Waals surface area contributed by atoms with E-state index >= 15 is 0 Å². The van der Waals surface area contributed by atoms with Gasteiger partial charge in [-0.1, -0.05) is 23.7 Å². The van der Waals surface area contributed by atoms with Gasteiger partial charge in [-0.25, -0.2) is 4.79 Å². The summed E-state index contributed by atoms with van der Waals surface area (Å²) in [5.41, 5.74) is 1.40. The number of hydrogen-bond acceptors (Lipinski definition) is 3. The molecule has 0 aliphatic heterocycles. The Hall–Kier alpha value is -2.33. The maximum absolute atomic E-state index is 10.9. The molecule has 0 bridgehead atoms. The number of ether oxygens (including phenoxy) is 1. The van der Waals surface area contributed by atoms with E-state index in [4.69, 9.17) is 21.4 Å². The van der Waals surface area contributed by atoms with E-state index in [-0.39, 0.29) is 12.2 Å². The molecule has 0 aliphatic rings. The Kier molecular flexibility index (Phi) is 4.38. The van der Waals surface area contributed by atoms with E-state index < -0.39 is 5.97 Å². The molecule has 4 nitrogen and oxygen atoms in total. The predicted octanol–water partition coefficient (Wildman–Crippen LogP) is 3.43. The van der Waals surface area contributed by atoms with Crippen molar-refractivity contribution in [2.45, 2.75) is 6.61 Å². The topological polar surface area (TPSA) is 63.6 Å². The zero-order valence-corrected chi connectivity index (χ0v) is 11.1. The third kappa shape index (κ3) is 3.36. The summed E-state index contributed by atoms with van der Waals surface area (Å²) < 4.78 is 5.53. The van der Waals surface area contributed by atoms with Gasteiger partial charge in [-0.2, -0.15) is 0 Å². The van der Waals surface area contributed by atoms with E-state index in [0.717, 1.165) is 5.56 Å². The lowest BCUT2D eigenvalue weighted by Gasteiger charge is -2.09. The van der Waals surface area contributed by atoms with Crippen LogP contribution in [0.4, 0.5) is 0 Å². The van der Waals surface area contributed by atoms with Crippen molar-refractivity contribution in [3.8, 4) is 5.75 Å². The Morgan fingerprint density at radius 3 is 2.50 bits per heavy atom. The second-order valence-corrected chi connectivity index (χ2v) is 4.53. The van der Waals surface area contributed by atoms with Crippen molar-refractivity contribution in [3.63, 3.8) is 0 Å². The van der Waals surface area contributed by atoms with Crippen molar-refractivity contribution in [3.05, 3.63) is 64.2 Å². The molecular weight excluding hydrogens is 280 g/mol. The predicted molar refractivity (Wildman–Crippen MR) is 74.6 cm³/mol. The first-order valence-corrected chi connectivity index (χ1v) is 6.17. The van der Waals surface area contributed by atoms with Gasteiger partial charge in [-0.15, -0.1) is 0 Å². The molecule has 0 atom stereocenters. The van der Waals surface area contributed by atoms with Crippen molar-refractivity contribution >= 4 is 23.9 Å². The number of aromatic carboxylic acids is 1. The molecule has 0 unspecified atom stereocenters. The largest absolute Gasteiger partial charge is 0.488 e. The van der Waals surface area contributed by atoms with Crippen LogP contribution < -0.4 is 4.74 Å². The molecule has 0 heterocycles. The van der Waals surface area contributed by atoms with Gasteiger partial charge in [0.15, 0.2) is 6.29 Å². The molecule has 0 fully saturated rings. The van der Waals surface area contributed by atoms with Crippen LogP contribution in [-0.4, -0.2) is 17.4 Å². The SMILES string of the molecule is O=Cc1cc(Cl)ccc1OCc1ccc(C(=O)O)cc1. The van der Waals surface area contributed by atoms with Crippen LogP contribution in [-0.2, 0) is 6.61 Å². The second kappa shape index (κ2) is 6.21. The third-order valence-electron chi connectivity index (χ3n) is 2.69. The van der Waals surface area contributed by atoms with Gasteiger partial charge in [0.1, 0.15) is 12.4 Å². The fourth-order valence-corrected chi connectivity index (χ4v) is 1.83. The molecule has 2 rings (SSSR count). The number of carboxylic acid groups (broad SMARTS) is 1. The van der Waals surface area contributed by atoms with Gasteiger partial charge in [0.25, 0.3) is 0 Å². The first kappa shape index (κ1) is 14.1. The molecule has 0 saturated carbocycles.